The number of benzene rings is 1. The molecule has 1 aliphatic rings. The van der Waals surface area contributed by atoms with Gasteiger partial charge < -0.3 is 19.3 Å². The Labute approximate surface area is 145 Å². The minimum absolute atomic E-state index is 0.00907. The lowest BCUT2D eigenvalue weighted by Crippen LogP contribution is -2.28. The maximum atomic E-state index is 11.8. The van der Waals surface area contributed by atoms with E-state index in [4.69, 9.17) is 25.6 Å². The van der Waals surface area contributed by atoms with Crippen LogP contribution in [-0.4, -0.2) is 37.0 Å². The van der Waals surface area contributed by atoms with Crippen LogP contribution >= 0.6 is 11.6 Å². The molecule has 1 unspecified atom stereocenters. The molecule has 1 aliphatic heterocycles. The van der Waals surface area contributed by atoms with Gasteiger partial charge in [0, 0.05) is 23.3 Å². The van der Waals surface area contributed by atoms with Crippen LogP contribution in [-0.2, 0) is 20.8 Å². The number of nitrogens with zero attached hydrogens (tertiary/aromatic N) is 1. The molecule has 24 heavy (non-hydrogen) atoms. The maximum absolute atomic E-state index is 11.8. The first-order chi connectivity index (χ1) is 11.7. The Kier molecular flexibility index (Phi) is 5.85. The fourth-order valence-electron chi connectivity index (χ4n) is 2.48. The summed E-state index contributed by atoms with van der Waals surface area (Å²) in [6.45, 7) is 1.50. The number of carbonyl (C=O) groups is 1. The highest BCUT2D eigenvalue weighted by atomic mass is 35.5. The second-order valence-electron chi connectivity index (χ2n) is 5.62. The van der Waals surface area contributed by atoms with E-state index in [1.54, 1.807) is 18.2 Å². The van der Waals surface area contributed by atoms with Crippen LogP contribution in [0.1, 0.15) is 18.6 Å². The summed E-state index contributed by atoms with van der Waals surface area (Å²) >= 11 is 5.96. The zero-order chi connectivity index (χ0) is 16.8. The summed E-state index contributed by atoms with van der Waals surface area (Å²) in [4.78, 5) is 11.8. The van der Waals surface area contributed by atoms with Gasteiger partial charge in [-0.1, -0.05) is 28.9 Å². The van der Waals surface area contributed by atoms with E-state index >= 15 is 0 Å². The quantitative estimate of drug-likeness (QED) is 0.831. The third-order valence-corrected chi connectivity index (χ3v) is 3.94. The number of hydrogen-bond donors (Lipinski definition) is 1. The van der Waals surface area contributed by atoms with E-state index in [0.717, 1.165) is 25.0 Å². The second-order valence-corrected chi connectivity index (χ2v) is 6.05. The van der Waals surface area contributed by atoms with E-state index in [1.807, 2.05) is 12.1 Å². The molecule has 7 heteroatoms. The zero-order valence-electron chi connectivity index (χ0n) is 13.2. The highest BCUT2D eigenvalue weighted by Crippen LogP contribution is 2.22. The standard InChI is InChI=1S/C17H19ClN2O4/c18-13-4-1-3-12(7-13)16-8-15(24-20-16)9-19-17(21)11-22-10-14-5-2-6-23-14/h1,3-4,7-8,14H,2,5-6,9-11H2,(H,19,21). The van der Waals surface area contributed by atoms with Gasteiger partial charge in [0.15, 0.2) is 5.76 Å². The van der Waals surface area contributed by atoms with E-state index in [1.165, 1.54) is 0 Å². The second kappa shape index (κ2) is 8.28. The average molecular weight is 351 g/mol. The fourth-order valence-corrected chi connectivity index (χ4v) is 2.67. The van der Waals surface area contributed by atoms with Crippen molar-refractivity contribution in [3.05, 3.63) is 41.1 Å². The number of hydrogen-bond acceptors (Lipinski definition) is 5. The summed E-state index contributed by atoms with van der Waals surface area (Å²) in [7, 11) is 0. The lowest BCUT2D eigenvalue weighted by atomic mass is 10.1. The molecule has 0 saturated carbocycles. The Bertz CT molecular complexity index is 683. The first kappa shape index (κ1) is 17.0. The van der Waals surface area contributed by atoms with E-state index in [0.29, 0.717) is 23.1 Å². The van der Waals surface area contributed by atoms with Crippen molar-refractivity contribution in [1.29, 1.82) is 0 Å². The fraction of sp³-hybridized carbons (Fsp3) is 0.412. The van der Waals surface area contributed by atoms with Crippen LogP contribution in [0.5, 0.6) is 0 Å². The van der Waals surface area contributed by atoms with Gasteiger partial charge in [0.25, 0.3) is 0 Å². The van der Waals surface area contributed by atoms with Gasteiger partial charge in [-0.3, -0.25) is 4.79 Å². The van der Waals surface area contributed by atoms with E-state index in [9.17, 15) is 4.79 Å². The molecule has 2 heterocycles. The number of halogens is 1. The van der Waals surface area contributed by atoms with Gasteiger partial charge in [0.05, 0.1) is 19.3 Å². The topological polar surface area (TPSA) is 73.6 Å². The maximum Gasteiger partial charge on any atom is 0.246 e. The van der Waals surface area contributed by atoms with E-state index in [2.05, 4.69) is 10.5 Å². The van der Waals surface area contributed by atoms with Crippen LogP contribution < -0.4 is 5.32 Å². The Hall–Kier alpha value is -1.89. The lowest BCUT2D eigenvalue weighted by molar-refractivity contribution is -0.127. The van der Waals surface area contributed by atoms with Gasteiger partial charge in [-0.2, -0.15) is 0 Å². The van der Waals surface area contributed by atoms with Crippen molar-refractivity contribution in [3.8, 4) is 11.3 Å². The molecule has 1 amide bonds. The number of aromatic nitrogens is 1. The van der Waals surface area contributed by atoms with Crippen LogP contribution in [0.3, 0.4) is 0 Å². The average Bonchev–Trinajstić information content (AvgIpc) is 3.25. The van der Waals surface area contributed by atoms with Crippen molar-refractivity contribution in [2.45, 2.75) is 25.5 Å². The third kappa shape index (κ3) is 4.80. The zero-order valence-corrected chi connectivity index (χ0v) is 13.9. The largest absolute Gasteiger partial charge is 0.376 e. The van der Waals surface area contributed by atoms with Crippen molar-refractivity contribution >= 4 is 17.5 Å². The van der Waals surface area contributed by atoms with Crippen LogP contribution in [0.15, 0.2) is 34.9 Å². The summed E-state index contributed by atoms with van der Waals surface area (Å²) in [6.07, 6.45) is 2.17. The Morgan fingerprint density at radius 3 is 3.12 bits per heavy atom. The summed E-state index contributed by atoms with van der Waals surface area (Å²) in [5.74, 6) is 0.367. The molecule has 0 radical (unpaired) electrons. The molecular formula is C17H19ClN2O4. The Morgan fingerprint density at radius 1 is 1.42 bits per heavy atom. The molecule has 6 nitrogen and oxygen atoms in total. The van der Waals surface area contributed by atoms with Gasteiger partial charge in [0.2, 0.25) is 5.91 Å². The summed E-state index contributed by atoms with van der Waals surface area (Å²) in [5, 5.41) is 7.36. The predicted molar refractivity (Wildman–Crippen MR) is 88.6 cm³/mol. The van der Waals surface area contributed by atoms with Crippen LogP contribution in [0.2, 0.25) is 5.02 Å². The molecule has 1 fully saturated rings. The van der Waals surface area contributed by atoms with Crippen molar-refractivity contribution in [3.63, 3.8) is 0 Å². The number of rotatable bonds is 7. The molecule has 0 spiro atoms. The van der Waals surface area contributed by atoms with Crippen molar-refractivity contribution in [2.24, 2.45) is 0 Å². The minimum Gasteiger partial charge on any atom is -0.376 e. The molecule has 1 N–H and O–H groups in total. The van der Waals surface area contributed by atoms with Gasteiger partial charge in [0.1, 0.15) is 12.3 Å². The molecule has 1 saturated heterocycles. The Balaban J connectivity index is 1.42. The first-order valence-corrected chi connectivity index (χ1v) is 8.26. The molecule has 3 rings (SSSR count). The molecule has 2 aromatic rings. The molecular weight excluding hydrogens is 332 g/mol. The monoisotopic (exact) mass is 350 g/mol. The minimum atomic E-state index is -0.200. The molecule has 1 atom stereocenters. The summed E-state index contributed by atoms with van der Waals surface area (Å²) < 4.78 is 16.0. The van der Waals surface area contributed by atoms with Crippen molar-refractivity contribution < 1.29 is 18.8 Å². The molecule has 1 aromatic heterocycles. The van der Waals surface area contributed by atoms with Crippen LogP contribution in [0, 0.1) is 0 Å². The number of amides is 1. The number of nitrogens with one attached hydrogen (secondary N) is 1. The first-order valence-electron chi connectivity index (χ1n) is 7.88. The van der Waals surface area contributed by atoms with E-state index < -0.39 is 0 Å². The normalized spacial score (nSPS) is 17.1. The van der Waals surface area contributed by atoms with Gasteiger partial charge in [-0.25, -0.2) is 0 Å². The summed E-state index contributed by atoms with van der Waals surface area (Å²) in [6, 6.07) is 9.12. The third-order valence-electron chi connectivity index (χ3n) is 3.70. The van der Waals surface area contributed by atoms with Crippen molar-refractivity contribution in [1.82, 2.24) is 10.5 Å². The SMILES string of the molecule is O=C(COCC1CCCO1)NCc1cc(-c2cccc(Cl)c2)no1. The molecule has 1 aromatic carbocycles. The number of carbonyl (C=O) groups excluding carboxylic acids is 1. The smallest absolute Gasteiger partial charge is 0.246 e. The van der Waals surface area contributed by atoms with Crippen LogP contribution in [0.4, 0.5) is 0 Å². The van der Waals surface area contributed by atoms with Crippen LogP contribution in [0.25, 0.3) is 11.3 Å². The highest BCUT2D eigenvalue weighted by molar-refractivity contribution is 6.30. The van der Waals surface area contributed by atoms with E-state index in [-0.39, 0.29) is 25.2 Å². The predicted octanol–water partition coefficient (Wildman–Crippen LogP) is 2.81. The van der Waals surface area contributed by atoms with Crippen molar-refractivity contribution in [2.75, 3.05) is 19.8 Å². The van der Waals surface area contributed by atoms with Gasteiger partial charge in [-0.05, 0) is 25.0 Å². The lowest BCUT2D eigenvalue weighted by Gasteiger charge is -2.09. The molecule has 128 valence electrons. The highest BCUT2D eigenvalue weighted by Gasteiger charge is 2.16. The van der Waals surface area contributed by atoms with Gasteiger partial charge in [-0.15, -0.1) is 0 Å². The Morgan fingerprint density at radius 2 is 2.33 bits per heavy atom. The van der Waals surface area contributed by atoms with Gasteiger partial charge >= 0.3 is 0 Å². The molecule has 0 aliphatic carbocycles. The summed E-state index contributed by atoms with van der Waals surface area (Å²) in [5.41, 5.74) is 1.54. The molecule has 0 bridgehead atoms. The number of ether oxygens (including phenoxy) is 2.